The number of piperazine rings is 1. The van der Waals surface area contributed by atoms with E-state index in [4.69, 9.17) is 0 Å². The van der Waals surface area contributed by atoms with Crippen LogP contribution in [0.25, 0.3) is 0 Å². The minimum atomic E-state index is 0.884. The van der Waals surface area contributed by atoms with Gasteiger partial charge >= 0.3 is 0 Å². The molecule has 122 valence electrons. The van der Waals surface area contributed by atoms with E-state index in [-0.39, 0.29) is 0 Å². The minimum absolute atomic E-state index is 0.884. The predicted molar refractivity (Wildman–Crippen MR) is 94.2 cm³/mol. The molecule has 0 amide bonds. The van der Waals surface area contributed by atoms with Crippen molar-refractivity contribution in [2.45, 2.75) is 51.5 Å². The zero-order valence-electron chi connectivity index (χ0n) is 14.2. The molecule has 0 aromatic heterocycles. The van der Waals surface area contributed by atoms with Gasteiger partial charge in [-0.1, -0.05) is 50.1 Å². The van der Waals surface area contributed by atoms with E-state index in [2.05, 4.69) is 47.1 Å². The molecule has 2 aliphatic rings. The largest absolute Gasteiger partial charge is 0.301 e. The van der Waals surface area contributed by atoms with Crippen LogP contribution in [0, 0.1) is 5.92 Å². The maximum absolute atomic E-state index is 2.78. The lowest BCUT2D eigenvalue weighted by atomic mass is 9.86. The number of hydrogen-bond donors (Lipinski definition) is 0. The first kappa shape index (κ1) is 16.0. The molecule has 22 heavy (non-hydrogen) atoms. The molecule has 0 unspecified atom stereocenters. The molecule has 0 spiro atoms. The summed E-state index contributed by atoms with van der Waals surface area (Å²) in [4.78, 5) is 5.45. The Morgan fingerprint density at radius 1 is 1.00 bits per heavy atom. The summed E-state index contributed by atoms with van der Waals surface area (Å²) in [5.74, 6) is 0.947. The van der Waals surface area contributed by atoms with Gasteiger partial charge in [0, 0.05) is 32.2 Å². The van der Waals surface area contributed by atoms with E-state index in [1.165, 1.54) is 76.8 Å². The topological polar surface area (TPSA) is 6.48 Å². The first-order valence-corrected chi connectivity index (χ1v) is 9.31. The van der Waals surface area contributed by atoms with Gasteiger partial charge in [-0.25, -0.2) is 0 Å². The molecule has 1 aromatic carbocycles. The molecule has 3 rings (SSSR count). The Morgan fingerprint density at radius 2 is 1.77 bits per heavy atom. The van der Waals surface area contributed by atoms with Crippen LogP contribution in [-0.4, -0.2) is 48.6 Å². The van der Waals surface area contributed by atoms with Crippen molar-refractivity contribution in [2.24, 2.45) is 5.92 Å². The molecule has 1 saturated carbocycles. The average molecular weight is 300 g/mol. The summed E-state index contributed by atoms with van der Waals surface area (Å²) in [7, 11) is 0. The molecule has 1 aliphatic heterocycles. The smallest absolute Gasteiger partial charge is 0.0113 e. The molecule has 0 radical (unpaired) electrons. The van der Waals surface area contributed by atoms with Gasteiger partial charge in [0.25, 0.3) is 0 Å². The van der Waals surface area contributed by atoms with Crippen LogP contribution < -0.4 is 0 Å². The Bertz CT molecular complexity index is 423. The number of hydrogen-bond acceptors (Lipinski definition) is 2. The molecular formula is C20H32N2. The first-order valence-electron chi connectivity index (χ1n) is 9.31. The summed E-state index contributed by atoms with van der Waals surface area (Å²) < 4.78 is 0. The van der Waals surface area contributed by atoms with Crippen molar-refractivity contribution < 1.29 is 0 Å². The van der Waals surface area contributed by atoms with Crippen LogP contribution in [0.3, 0.4) is 0 Å². The molecule has 1 aromatic rings. The molecular weight excluding hydrogens is 268 g/mol. The van der Waals surface area contributed by atoms with Gasteiger partial charge in [0.1, 0.15) is 0 Å². The van der Waals surface area contributed by atoms with Crippen molar-refractivity contribution in [1.29, 1.82) is 0 Å². The minimum Gasteiger partial charge on any atom is -0.301 e. The van der Waals surface area contributed by atoms with Crippen LogP contribution in [0.1, 0.15) is 44.6 Å². The molecule has 1 aliphatic carbocycles. The Morgan fingerprint density at radius 3 is 2.50 bits per heavy atom. The second-order valence-corrected chi connectivity index (χ2v) is 7.39. The number of aryl methyl sites for hydroxylation is 1. The van der Waals surface area contributed by atoms with Crippen molar-refractivity contribution in [3.63, 3.8) is 0 Å². The van der Waals surface area contributed by atoms with Crippen molar-refractivity contribution in [1.82, 2.24) is 9.80 Å². The SMILES string of the molecule is C[C@H]1CCC[C@@H](N2CCN(CCCc3ccccc3)CC2)C1. The normalized spacial score (nSPS) is 27.9. The van der Waals surface area contributed by atoms with Crippen LogP contribution >= 0.6 is 0 Å². The molecule has 0 bridgehead atoms. The third kappa shape index (κ3) is 4.57. The van der Waals surface area contributed by atoms with Crippen LogP contribution in [0.15, 0.2) is 30.3 Å². The summed E-state index contributed by atoms with van der Waals surface area (Å²) in [6, 6.07) is 11.8. The Balaban J connectivity index is 1.35. The van der Waals surface area contributed by atoms with Gasteiger partial charge in [-0.3, -0.25) is 4.90 Å². The van der Waals surface area contributed by atoms with Gasteiger partial charge < -0.3 is 4.90 Å². The fourth-order valence-electron chi connectivity index (χ4n) is 4.24. The fraction of sp³-hybridized carbons (Fsp3) is 0.700. The van der Waals surface area contributed by atoms with E-state index in [1.807, 2.05) is 0 Å². The van der Waals surface area contributed by atoms with Crippen molar-refractivity contribution in [2.75, 3.05) is 32.7 Å². The quantitative estimate of drug-likeness (QED) is 0.816. The van der Waals surface area contributed by atoms with Crippen molar-refractivity contribution in [3.8, 4) is 0 Å². The summed E-state index contributed by atoms with van der Waals surface area (Å²) >= 11 is 0. The lowest BCUT2D eigenvalue weighted by Gasteiger charge is -2.42. The Labute approximate surface area is 136 Å². The van der Waals surface area contributed by atoms with E-state index < -0.39 is 0 Å². The maximum Gasteiger partial charge on any atom is 0.0113 e. The van der Waals surface area contributed by atoms with Crippen LogP contribution in [-0.2, 0) is 6.42 Å². The summed E-state index contributed by atoms with van der Waals surface area (Å²) in [5.41, 5.74) is 1.48. The van der Waals surface area contributed by atoms with Crippen molar-refractivity contribution >= 4 is 0 Å². The Hall–Kier alpha value is -0.860. The summed E-state index contributed by atoms with van der Waals surface area (Å²) in [5, 5.41) is 0. The highest BCUT2D eigenvalue weighted by Gasteiger charge is 2.27. The second-order valence-electron chi connectivity index (χ2n) is 7.39. The molecule has 2 nitrogen and oxygen atoms in total. The van der Waals surface area contributed by atoms with E-state index in [0.29, 0.717) is 0 Å². The fourth-order valence-corrected chi connectivity index (χ4v) is 4.24. The highest BCUT2D eigenvalue weighted by atomic mass is 15.3. The molecule has 2 fully saturated rings. The molecule has 0 N–H and O–H groups in total. The van der Waals surface area contributed by atoms with Crippen molar-refractivity contribution in [3.05, 3.63) is 35.9 Å². The van der Waals surface area contributed by atoms with Gasteiger partial charge in [0.05, 0.1) is 0 Å². The monoisotopic (exact) mass is 300 g/mol. The lowest BCUT2D eigenvalue weighted by molar-refractivity contribution is 0.0686. The van der Waals surface area contributed by atoms with Gasteiger partial charge in [-0.15, -0.1) is 0 Å². The average Bonchev–Trinajstić information content (AvgIpc) is 2.56. The highest BCUT2D eigenvalue weighted by Crippen LogP contribution is 2.27. The zero-order chi connectivity index (χ0) is 15.2. The highest BCUT2D eigenvalue weighted by molar-refractivity contribution is 5.14. The Kier molecular flexibility index (Phi) is 5.91. The van der Waals surface area contributed by atoms with Gasteiger partial charge in [0.2, 0.25) is 0 Å². The van der Waals surface area contributed by atoms with Crippen LogP contribution in [0.5, 0.6) is 0 Å². The number of benzene rings is 1. The molecule has 2 atom stereocenters. The van der Waals surface area contributed by atoms with E-state index in [9.17, 15) is 0 Å². The number of nitrogens with zero attached hydrogens (tertiary/aromatic N) is 2. The van der Waals surface area contributed by atoms with E-state index >= 15 is 0 Å². The molecule has 1 saturated heterocycles. The van der Waals surface area contributed by atoms with Crippen LogP contribution in [0.4, 0.5) is 0 Å². The summed E-state index contributed by atoms with van der Waals surface area (Å²) in [6.07, 6.45) is 8.30. The van der Waals surface area contributed by atoms with Crippen LogP contribution in [0.2, 0.25) is 0 Å². The van der Waals surface area contributed by atoms with E-state index in [0.717, 1.165) is 12.0 Å². The standard InChI is InChI=1S/C20H32N2/c1-18-7-5-11-20(17-18)22-15-13-21(14-16-22)12-6-10-19-8-3-2-4-9-19/h2-4,8-9,18,20H,5-7,10-17H2,1H3/t18-,20+/m0/s1. The summed E-state index contributed by atoms with van der Waals surface area (Å²) in [6.45, 7) is 8.85. The third-order valence-electron chi connectivity index (χ3n) is 5.61. The van der Waals surface area contributed by atoms with Gasteiger partial charge in [-0.05, 0) is 43.7 Å². The second kappa shape index (κ2) is 8.12. The maximum atomic E-state index is 2.78. The predicted octanol–water partition coefficient (Wildman–Crippen LogP) is 3.82. The zero-order valence-corrected chi connectivity index (χ0v) is 14.2. The van der Waals surface area contributed by atoms with Gasteiger partial charge in [0.15, 0.2) is 0 Å². The third-order valence-corrected chi connectivity index (χ3v) is 5.61. The van der Waals surface area contributed by atoms with E-state index in [1.54, 1.807) is 0 Å². The lowest BCUT2D eigenvalue weighted by Crippen LogP contribution is -2.51. The van der Waals surface area contributed by atoms with Gasteiger partial charge in [-0.2, -0.15) is 0 Å². The first-order chi connectivity index (χ1) is 10.8. The number of rotatable bonds is 5. The molecule has 1 heterocycles. The molecule has 2 heteroatoms.